The van der Waals surface area contributed by atoms with Crippen molar-refractivity contribution >= 4 is 45.5 Å². The van der Waals surface area contributed by atoms with Crippen LogP contribution in [0.25, 0.3) is 11.1 Å². The van der Waals surface area contributed by atoms with Gasteiger partial charge in [-0.1, -0.05) is 17.7 Å². The molecule has 3 rings (SSSR count). The molecule has 0 aliphatic carbocycles. The lowest BCUT2D eigenvalue weighted by atomic mass is 10.0. The number of carbonyl (C=O) groups is 2. The lowest BCUT2D eigenvalue weighted by Gasteiger charge is -2.10. The lowest BCUT2D eigenvalue weighted by molar-refractivity contribution is -0.384. The standard InChI is InChI=1S/C22H19ClN2O6S/c1-3-30-22(27)20-19(14-7-9-16(10-8-14)25(28)29)13(2)32-21(20)24-18(26)12-31-17-6-4-5-15(23)11-17/h4-11H,3,12H2,1-2H3,(H,24,26). The summed E-state index contributed by atoms with van der Waals surface area (Å²) in [6.07, 6.45) is 0. The molecule has 0 bridgehead atoms. The number of esters is 1. The number of nitro benzene ring substituents is 1. The molecule has 1 heterocycles. The summed E-state index contributed by atoms with van der Waals surface area (Å²) in [5.74, 6) is -0.629. The average Bonchev–Trinajstić information content (AvgIpc) is 3.08. The summed E-state index contributed by atoms with van der Waals surface area (Å²) in [4.78, 5) is 36.4. The molecule has 2 aromatic carbocycles. The predicted molar refractivity (Wildman–Crippen MR) is 123 cm³/mol. The highest BCUT2D eigenvalue weighted by atomic mass is 35.5. The molecule has 0 aliphatic heterocycles. The zero-order chi connectivity index (χ0) is 23.3. The van der Waals surface area contributed by atoms with Crippen LogP contribution in [0.3, 0.4) is 0 Å². The van der Waals surface area contributed by atoms with Gasteiger partial charge >= 0.3 is 5.97 Å². The van der Waals surface area contributed by atoms with Crippen molar-refractivity contribution < 1.29 is 24.0 Å². The lowest BCUT2D eigenvalue weighted by Crippen LogP contribution is -2.21. The van der Waals surface area contributed by atoms with Gasteiger partial charge in [0.2, 0.25) is 0 Å². The highest BCUT2D eigenvalue weighted by Gasteiger charge is 2.26. The maximum absolute atomic E-state index is 12.7. The van der Waals surface area contributed by atoms with E-state index in [1.54, 1.807) is 50.2 Å². The molecule has 8 nitrogen and oxygen atoms in total. The number of anilines is 1. The molecular formula is C22H19ClN2O6S. The molecule has 32 heavy (non-hydrogen) atoms. The van der Waals surface area contributed by atoms with E-state index in [1.165, 1.54) is 23.5 Å². The molecule has 0 radical (unpaired) electrons. The van der Waals surface area contributed by atoms with Gasteiger partial charge in [0.25, 0.3) is 11.6 Å². The number of aryl methyl sites for hydroxylation is 1. The first-order valence-corrected chi connectivity index (χ1v) is 10.7. The predicted octanol–water partition coefficient (Wildman–Crippen LogP) is 5.48. The zero-order valence-electron chi connectivity index (χ0n) is 17.2. The third kappa shape index (κ3) is 5.43. The molecule has 0 fully saturated rings. The van der Waals surface area contributed by atoms with Crippen LogP contribution in [-0.4, -0.2) is 30.0 Å². The van der Waals surface area contributed by atoms with Gasteiger partial charge in [-0.3, -0.25) is 14.9 Å². The Labute approximate surface area is 192 Å². The number of hydrogen-bond donors (Lipinski definition) is 1. The average molecular weight is 475 g/mol. The smallest absolute Gasteiger partial charge is 0.341 e. The van der Waals surface area contributed by atoms with Crippen LogP contribution in [0.15, 0.2) is 48.5 Å². The number of nitro groups is 1. The normalized spacial score (nSPS) is 10.5. The second-order valence-electron chi connectivity index (χ2n) is 6.56. The molecule has 1 aromatic heterocycles. The van der Waals surface area contributed by atoms with E-state index in [4.69, 9.17) is 21.1 Å². The number of benzene rings is 2. The van der Waals surface area contributed by atoms with Gasteiger partial charge < -0.3 is 14.8 Å². The van der Waals surface area contributed by atoms with E-state index in [9.17, 15) is 19.7 Å². The number of ether oxygens (including phenoxy) is 2. The molecule has 1 amide bonds. The Morgan fingerprint density at radius 3 is 2.53 bits per heavy atom. The Hall–Kier alpha value is -3.43. The van der Waals surface area contributed by atoms with Crippen molar-refractivity contribution in [3.05, 3.63) is 74.1 Å². The minimum absolute atomic E-state index is 0.0639. The fourth-order valence-corrected chi connectivity index (χ4v) is 4.26. The van der Waals surface area contributed by atoms with Crippen LogP contribution in [0.4, 0.5) is 10.7 Å². The molecule has 0 atom stereocenters. The Kier molecular flexibility index (Phi) is 7.45. The summed E-state index contributed by atoms with van der Waals surface area (Å²) in [5.41, 5.74) is 1.28. The molecule has 0 aliphatic rings. The summed E-state index contributed by atoms with van der Waals surface area (Å²) in [7, 11) is 0. The van der Waals surface area contributed by atoms with E-state index in [0.29, 0.717) is 26.9 Å². The topological polar surface area (TPSA) is 108 Å². The minimum Gasteiger partial charge on any atom is -0.484 e. The van der Waals surface area contributed by atoms with Crippen molar-refractivity contribution in [2.75, 3.05) is 18.5 Å². The highest BCUT2D eigenvalue weighted by Crippen LogP contribution is 2.40. The number of non-ortho nitro benzene ring substituents is 1. The molecule has 0 unspecified atom stereocenters. The Bertz CT molecular complexity index is 1160. The zero-order valence-corrected chi connectivity index (χ0v) is 18.8. The van der Waals surface area contributed by atoms with Crippen molar-refractivity contribution in [3.63, 3.8) is 0 Å². The Morgan fingerprint density at radius 2 is 1.91 bits per heavy atom. The number of hydrogen-bond acceptors (Lipinski definition) is 7. The second kappa shape index (κ2) is 10.3. The summed E-state index contributed by atoms with van der Waals surface area (Å²) in [5, 5.41) is 14.5. The molecule has 1 N–H and O–H groups in total. The fraction of sp³-hybridized carbons (Fsp3) is 0.182. The number of halogens is 1. The maximum atomic E-state index is 12.7. The Balaban J connectivity index is 1.88. The number of nitrogens with zero attached hydrogens (tertiary/aromatic N) is 1. The number of nitrogens with one attached hydrogen (secondary N) is 1. The molecule has 166 valence electrons. The number of carbonyl (C=O) groups excluding carboxylic acids is 2. The van der Waals surface area contributed by atoms with Crippen molar-refractivity contribution in [1.82, 2.24) is 0 Å². The highest BCUT2D eigenvalue weighted by molar-refractivity contribution is 7.17. The van der Waals surface area contributed by atoms with Crippen molar-refractivity contribution in [2.45, 2.75) is 13.8 Å². The SMILES string of the molecule is CCOC(=O)c1c(NC(=O)COc2cccc(Cl)c2)sc(C)c1-c1ccc([N+](=O)[O-])cc1. The monoisotopic (exact) mass is 474 g/mol. The van der Waals surface area contributed by atoms with Gasteiger partial charge in [0.15, 0.2) is 6.61 Å². The summed E-state index contributed by atoms with van der Waals surface area (Å²) in [6, 6.07) is 12.5. The number of amides is 1. The van der Waals surface area contributed by atoms with Crippen LogP contribution in [0, 0.1) is 17.0 Å². The fourth-order valence-electron chi connectivity index (χ4n) is 3.00. The van der Waals surface area contributed by atoms with E-state index in [0.717, 1.165) is 4.88 Å². The van der Waals surface area contributed by atoms with E-state index >= 15 is 0 Å². The summed E-state index contributed by atoms with van der Waals surface area (Å²) >= 11 is 7.12. The first-order chi connectivity index (χ1) is 15.3. The van der Waals surface area contributed by atoms with Crippen LogP contribution in [0.5, 0.6) is 5.75 Å². The van der Waals surface area contributed by atoms with Gasteiger partial charge in [0, 0.05) is 27.6 Å². The van der Waals surface area contributed by atoms with Gasteiger partial charge in [-0.05, 0) is 49.7 Å². The largest absolute Gasteiger partial charge is 0.484 e. The van der Waals surface area contributed by atoms with E-state index < -0.39 is 16.8 Å². The molecule has 10 heteroatoms. The van der Waals surface area contributed by atoms with Crippen LogP contribution < -0.4 is 10.1 Å². The molecule has 0 saturated carbocycles. The molecule has 3 aromatic rings. The van der Waals surface area contributed by atoms with Crippen molar-refractivity contribution in [3.8, 4) is 16.9 Å². The third-order valence-corrected chi connectivity index (χ3v) is 5.61. The van der Waals surface area contributed by atoms with E-state index in [-0.39, 0.29) is 24.5 Å². The van der Waals surface area contributed by atoms with E-state index in [1.807, 2.05) is 0 Å². The number of rotatable bonds is 8. The van der Waals surface area contributed by atoms with Crippen LogP contribution in [0.1, 0.15) is 22.2 Å². The third-order valence-electron chi connectivity index (χ3n) is 4.35. The van der Waals surface area contributed by atoms with Crippen molar-refractivity contribution in [2.24, 2.45) is 0 Å². The van der Waals surface area contributed by atoms with Gasteiger partial charge in [0.05, 0.1) is 11.5 Å². The molecule has 0 spiro atoms. The quantitative estimate of drug-likeness (QED) is 0.263. The Morgan fingerprint density at radius 1 is 1.19 bits per heavy atom. The van der Waals surface area contributed by atoms with Gasteiger partial charge in [-0.2, -0.15) is 0 Å². The minimum atomic E-state index is -0.601. The van der Waals surface area contributed by atoms with Crippen molar-refractivity contribution in [1.29, 1.82) is 0 Å². The molecule has 0 saturated heterocycles. The van der Waals surface area contributed by atoms with E-state index in [2.05, 4.69) is 5.32 Å². The van der Waals surface area contributed by atoms with Gasteiger partial charge in [0.1, 0.15) is 16.3 Å². The van der Waals surface area contributed by atoms with Crippen LogP contribution >= 0.6 is 22.9 Å². The van der Waals surface area contributed by atoms with Gasteiger partial charge in [-0.25, -0.2) is 4.79 Å². The first-order valence-electron chi connectivity index (χ1n) is 9.53. The number of thiophene rings is 1. The summed E-state index contributed by atoms with van der Waals surface area (Å²) < 4.78 is 10.6. The van der Waals surface area contributed by atoms with Crippen LogP contribution in [0.2, 0.25) is 5.02 Å². The summed E-state index contributed by atoms with van der Waals surface area (Å²) in [6.45, 7) is 3.34. The maximum Gasteiger partial charge on any atom is 0.341 e. The first kappa shape index (κ1) is 23.2. The van der Waals surface area contributed by atoms with Gasteiger partial charge in [-0.15, -0.1) is 11.3 Å². The van der Waals surface area contributed by atoms with Crippen LogP contribution in [-0.2, 0) is 9.53 Å². The second-order valence-corrected chi connectivity index (χ2v) is 8.22. The molecular weight excluding hydrogens is 456 g/mol.